The second-order valence-electron chi connectivity index (χ2n) is 5.87. The van der Waals surface area contributed by atoms with Crippen LogP contribution < -0.4 is 0 Å². The van der Waals surface area contributed by atoms with Crippen LogP contribution in [0, 0.1) is 0 Å². The molecule has 0 saturated carbocycles. The molecule has 0 aliphatic heterocycles. The lowest BCUT2D eigenvalue weighted by Crippen LogP contribution is -1.91. The van der Waals surface area contributed by atoms with E-state index in [2.05, 4.69) is 76.6 Å². The first kappa shape index (κ1) is 15.8. The molecule has 3 aromatic carbocycles. The van der Waals surface area contributed by atoms with Gasteiger partial charge in [-0.05, 0) is 35.4 Å². The Kier molecular flexibility index (Phi) is 4.45. The molecular weight excluding hydrogens is 370 g/mol. The molecule has 0 unspecified atom stereocenters. The van der Waals surface area contributed by atoms with Gasteiger partial charge in [-0.25, -0.2) is 4.98 Å². The second-order valence-corrected chi connectivity index (χ2v) is 6.78. The third-order valence-electron chi connectivity index (χ3n) is 4.12. The Bertz CT molecular complexity index is 937. The van der Waals surface area contributed by atoms with E-state index in [1.54, 1.807) is 0 Å². The summed E-state index contributed by atoms with van der Waals surface area (Å²) in [5, 5.41) is 0. The maximum atomic E-state index is 4.92. The van der Waals surface area contributed by atoms with Gasteiger partial charge in [0.05, 0.1) is 11.4 Å². The molecule has 0 spiro atoms. The van der Waals surface area contributed by atoms with E-state index in [9.17, 15) is 0 Å². The molecule has 0 N–H and O–H groups in total. The van der Waals surface area contributed by atoms with Crippen molar-refractivity contribution in [3.05, 3.63) is 102 Å². The van der Waals surface area contributed by atoms with Crippen LogP contribution in [0.1, 0.15) is 0 Å². The number of pyridine rings is 1. The summed E-state index contributed by atoms with van der Waals surface area (Å²) in [5.41, 5.74) is 6.54. The van der Waals surface area contributed by atoms with Crippen molar-refractivity contribution >= 4 is 15.9 Å². The van der Waals surface area contributed by atoms with Crippen molar-refractivity contribution in [2.45, 2.75) is 0 Å². The largest absolute Gasteiger partial charge is 0.248 e. The first-order valence-electron chi connectivity index (χ1n) is 8.18. The fraction of sp³-hybridized carbons (Fsp3) is 0. The lowest BCUT2D eigenvalue weighted by atomic mass is 10.00. The van der Waals surface area contributed by atoms with Crippen molar-refractivity contribution < 1.29 is 0 Å². The predicted molar refractivity (Wildman–Crippen MR) is 108 cm³/mol. The standard InChI is InChI=1S/C23H16BrN/c24-21-13-7-12-19(14-21)23-16-20(17-8-3-1-4-9-17)15-22(25-23)18-10-5-2-6-11-18/h1-16H. The van der Waals surface area contributed by atoms with Crippen LogP contribution in [0.25, 0.3) is 33.6 Å². The Balaban J connectivity index is 1.92. The second kappa shape index (κ2) is 7.04. The number of hydrogen-bond donors (Lipinski definition) is 0. The van der Waals surface area contributed by atoms with Gasteiger partial charge < -0.3 is 0 Å². The fourth-order valence-electron chi connectivity index (χ4n) is 2.88. The molecule has 0 bridgehead atoms. The van der Waals surface area contributed by atoms with Crippen LogP contribution in [0.3, 0.4) is 0 Å². The van der Waals surface area contributed by atoms with Gasteiger partial charge in [-0.1, -0.05) is 88.7 Å². The molecule has 0 fully saturated rings. The van der Waals surface area contributed by atoms with E-state index in [4.69, 9.17) is 4.98 Å². The summed E-state index contributed by atoms with van der Waals surface area (Å²) in [6.07, 6.45) is 0. The Morgan fingerprint density at radius 3 is 1.68 bits per heavy atom. The normalized spacial score (nSPS) is 10.6. The number of halogens is 1. The maximum Gasteiger partial charge on any atom is 0.0716 e. The third kappa shape index (κ3) is 3.54. The van der Waals surface area contributed by atoms with Crippen molar-refractivity contribution in [2.24, 2.45) is 0 Å². The van der Waals surface area contributed by atoms with E-state index in [-0.39, 0.29) is 0 Å². The molecule has 120 valence electrons. The van der Waals surface area contributed by atoms with Crippen LogP contribution in [-0.2, 0) is 0 Å². The summed E-state index contributed by atoms with van der Waals surface area (Å²) in [6, 6.07) is 33.3. The first-order chi connectivity index (χ1) is 12.3. The molecular formula is C23H16BrN. The van der Waals surface area contributed by atoms with Crippen LogP contribution in [0.5, 0.6) is 0 Å². The van der Waals surface area contributed by atoms with Crippen LogP contribution in [0.4, 0.5) is 0 Å². The summed E-state index contributed by atoms with van der Waals surface area (Å²) >= 11 is 3.56. The highest BCUT2D eigenvalue weighted by Crippen LogP contribution is 2.30. The highest BCUT2D eigenvalue weighted by Gasteiger charge is 2.09. The molecule has 2 heteroatoms. The van der Waals surface area contributed by atoms with Gasteiger partial charge in [-0.3, -0.25) is 0 Å². The van der Waals surface area contributed by atoms with Crippen LogP contribution in [-0.4, -0.2) is 4.98 Å². The Hall–Kier alpha value is -2.71. The molecule has 0 saturated heterocycles. The summed E-state index contributed by atoms with van der Waals surface area (Å²) < 4.78 is 1.05. The minimum absolute atomic E-state index is 0.974. The molecule has 4 aromatic rings. The third-order valence-corrected chi connectivity index (χ3v) is 4.62. The van der Waals surface area contributed by atoms with E-state index in [1.807, 2.05) is 36.4 Å². The molecule has 1 heterocycles. The molecule has 0 aliphatic carbocycles. The number of aromatic nitrogens is 1. The zero-order chi connectivity index (χ0) is 17.1. The van der Waals surface area contributed by atoms with Gasteiger partial charge in [0.15, 0.2) is 0 Å². The van der Waals surface area contributed by atoms with Gasteiger partial charge >= 0.3 is 0 Å². The van der Waals surface area contributed by atoms with Crippen molar-refractivity contribution in [2.75, 3.05) is 0 Å². The number of rotatable bonds is 3. The number of hydrogen-bond acceptors (Lipinski definition) is 1. The zero-order valence-electron chi connectivity index (χ0n) is 13.6. The monoisotopic (exact) mass is 385 g/mol. The molecule has 0 radical (unpaired) electrons. The average Bonchev–Trinajstić information content (AvgIpc) is 2.69. The lowest BCUT2D eigenvalue weighted by molar-refractivity contribution is 1.32. The van der Waals surface area contributed by atoms with E-state index < -0.39 is 0 Å². The van der Waals surface area contributed by atoms with Gasteiger partial charge in [0.25, 0.3) is 0 Å². The molecule has 25 heavy (non-hydrogen) atoms. The highest BCUT2D eigenvalue weighted by atomic mass is 79.9. The number of nitrogens with zero attached hydrogens (tertiary/aromatic N) is 1. The molecule has 4 rings (SSSR count). The quantitative estimate of drug-likeness (QED) is 0.375. The van der Waals surface area contributed by atoms with Crippen LogP contribution >= 0.6 is 15.9 Å². The van der Waals surface area contributed by atoms with E-state index >= 15 is 0 Å². The lowest BCUT2D eigenvalue weighted by Gasteiger charge is -2.10. The molecule has 1 nitrogen and oxygen atoms in total. The summed E-state index contributed by atoms with van der Waals surface area (Å²) in [7, 11) is 0. The maximum absolute atomic E-state index is 4.92. The molecule has 0 aliphatic rings. The van der Waals surface area contributed by atoms with Gasteiger partial charge in [0.1, 0.15) is 0 Å². The van der Waals surface area contributed by atoms with E-state index in [1.165, 1.54) is 11.1 Å². The zero-order valence-corrected chi connectivity index (χ0v) is 15.1. The van der Waals surface area contributed by atoms with Crippen molar-refractivity contribution in [1.29, 1.82) is 0 Å². The summed E-state index contributed by atoms with van der Waals surface area (Å²) in [5.74, 6) is 0. The van der Waals surface area contributed by atoms with Crippen LogP contribution in [0.2, 0.25) is 0 Å². The summed E-state index contributed by atoms with van der Waals surface area (Å²) in [4.78, 5) is 4.92. The fourth-order valence-corrected chi connectivity index (χ4v) is 3.28. The van der Waals surface area contributed by atoms with Crippen molar-refractivity contribution in [1.82, 2.24) is 4.98 Å². The highest BCUT2D eigenvalue weighted by molar-refractivity contribution is 9.10. The van der Waals surface area contributed by atoms with Crippen LogP contribution in [0.15, 0.2) is 102 Å². The molecule has 0 amide bonds. The van der Waals surface area contributed by atoms with E-state index in [0.29, 0.717) is 0 Å². The Labute approximate surface area is 156 Å². The SMILES string of the molecule is Brc1cccc(-c2cc(-c3ccccc3)cc(-c3ccccc3)n2)c1. The van der Waals surface area contributed by atoms with Crippen molar-refractivity contribution in [3.63, 3.8) is 0 Å². The number of benzene rings is 3. The van der Waals surface area contributed by atoms with Crippen molar-refractivity contribution in [3.8, 4) is 33.6 Å². The minimum atomic E-state index is 0.974. The van der Waals surface area contributed by atoms with E-state index in [0.717, 1.165) is 27.0 Å². The smallest absolute Gasteiger partial charge is 0.0716 e. The topological polar surface area (TPSA) is 12.9 Å². The first-order valence-corrected chi connectivity index (χ1v) is 8.98. The summed E-state index contributed by atoms with van der Waals surface area (Å²) in [6.45, 7) is 0. The average molecular weight is 386 g/mol. The van der Waals surface area contributed by atoms with Gasteiger partial charge in [0, 0.05) is 15.6 Å². The van der Waals surface area contributed by atoms with Gasteiger partial charge in [0.2, 0.25) is 0 Å². The predicted octanol–water partition coefficient (Wildman–Crippen LogP) is 6.85. The Morgan fingerprint density at radius 2 is 1.04 bits per heavy atom. The van der Waals surface area contributed by atoms with Gasteiger partial charge in [-0.15, -0.1) is 0 Å². The molecule has 1 aromatic heterocycles. The Morgan fingerprint density at radius 1 is 0.480 bits per heavy atom. The van der Waals surface area contributed by atoms with Gasteiger partial charge in [-0.2, -0.15) is 0 Å². The molecule has 0 atom stereocenters. The minimum Gasteiger partial charge on any atom is -0.248 e.